The molecule has 0 fully saturated rings. The molecule has 0 spiro atoms. The Balaban J connectivity index is 2.75. The maximum atomic E-state index is 8.71. The van der Waals surface area contributed by atoms with Gasteiger partial charge in [0.1, 0.15) is 6.23 Å². The predicted molar refractivity (Wildman–Crippen MR) is 38.0 cm³/mol. The summed E-state index contributed by atoms with van der Waals surface area (Å²) < 4.78 is 0. The van der Waals surface area contributed by atoms with Crippen LogP contribution in [0.2, 0.25) is 0 Å². The van der Waals surface area contributed by atoms with Gasteiger partial charge in [-0.25, -0.2) is 0 Å². The maximum Gasteiger partial charge on any atom is 0.102 e. The van der Waals surface area contributed by atoms with Crippen molar-refractivity contribution < 1.29 is 5.11 Å². The van der Waals surface area contributed by atoms with Crippen LogP contribution in [-0.4, -0.2) is 24.4 Å². The van der Waals surface area contributed by atoms with Gasteiger partial charge in [-0.2, -0.15) is 0 Å². The summed E-state index contributed by atoms with van der Waals surface area (Å²) in [7, 11) is 0. The first kappa shape index (κ1) is 8.88. The zero-order valence-corrected chi connectivity index (χ0v) is 5.93. The minimum atomic E-state index is -0.386. The van der Waals surface area contributed by atoms with Crippen molar-refractivity contribution in [3.8, 4) is 0 Å². The van der Waals surface area contributed by atoms with E-state index in [9.17, 15) is 0 Å². The fraction of sp³-hybridized carbons (Fsp3) is 1.00. The third-order valence-corrected chi connectivity index (χ3v) is 1.07. The Bertz CT molecular complexity index is 57.0. The Labute approximate surface area is 56.2 Å². The number of aliphatic hydroxyl groups excluding tert-OH is 1. The monoisotopic (exact) mass is 132 g/mol. The molecule has 0 rings (SSSR count). The second-order valence-corrected chi connectivity index (χ2v) is 2.13. The SMILES string of the molecule is CC(O)NCCCCN. The number of rotatable bonds is 5. The van der Waals surface area contributed by atoms with Gasteiger partial charge < -0.3 is 10.8 Å². The van der Waals surface area contributed by atoms with Gasteiger partial charge in [-0.05, 0) is 32.9 Å². The molecule has 0 amide bonds. The van der Waals surface area contributed by atoms with E-state index in [4.69, 9.17) is 10.8 Å². The van der Waals surface area contributed by atoms with Gasteiger partial charge in [0, 0.05) is 0 Å². The minimum absolute atomic E-state index is 0.386. The van der Waals surface area contributed by atoms with Gasteiger partial charge in [-0.3, -0.25) is 5.32 Å². The normalized spacial score (nSPS) is 13.7. The zero-order chi connectivity index (χ0) is 7.11. The van der Waals surface area contributed by atoms with E-state index >= 15 is 0 Å². The van der Waals surface area contributed by atoms with E-state index in [0.29, 0.717) is 0 Å². The summed E-state index contributed by atoms with van der Waals surface area (Å²) >= 11 is 0. The molecule has 56 valence electrons. The van der Waals surface area contributed by atoms with E-state index < -0.39 is 0 Å². The van der Waals surface area contributed by atoms with E-state index in [0.717, 1.165) is 25.9 Å². The Hall–Kier alpha value is -0.120. The number of unbranched alkanes of at least 4 members (excludes halogenated alkanes) is 1. The molecule has 0 radical (unpaired) electrons. The molecule has 0 aromatic heterocycles. The second-order valence-electron chi connectivity index (χ2n) is 2.13. The molecule has 0 aliphatic heterocycles. The Morgan fingerprint density at radius 2 is 2.22 bits per heavy atom. The van der Waals surface area contributed by atoms with Gasteiger partial charge >= 0.3 is 0 Å². The van der Waals surface area contributed by atoms with E-state index in [1.165, 1.54) is 0 Å². The molecule has 9 heavy (non-hydrogen) atoms. The summed E-state index contributed by atoms with van der Waals surface area (Å²) in [6, 6.07) is 0. The Morgan fingerprint density at radius 3 is 2.67 bits per heavy atom. The Kier molecular flexibility index (Phi) is 5.93. The molecule has 1 unspecified atom stereocenters. The van der Waals surface area contributed by atoms with Crippen LogP contribution in [0.4, 0.5) is 0 Å². The van der Waals surface area contributed by atoms with Crippen LogP contribution in [0, 0.1) is 0 Å². The number of nitrogens with two attached hydrogens (primary N) is 1. The Morgan fingerprint density at radius 1 is 1.56 bits per heavy atom. The standard InChI is InChI=1S/C6H16N2O/c1-6(9)8-5-3-2-4-7/h6,8-9H,2-5,7H2,1H3. The fourth-order valence-electron chi connectivity index (χ4n) is 0.580. The summed E-state index contributed by atoms with van der Waals surface area (Å²) in [6.45, 7) is 3.30. The highest BCUT2D eigenvalue weighted by Crippen LogP contribution is 1.82. The van der Waals surface area contributed by atoms with Crippen molar-refractivity contribution in [1.29, 1.82) is 0 Å². The van der Waals surface area contributed by atoms with E-state index in [1.54, 1.807) is 6.92 Å². The average molecular weight is 132 g/mol. The molecule has 0 aromatic rings. The molecular formula is C6H16N2O. The summed E-state index contributed by atoms with van der Waals surface area (Å²) in [4.78, 5) is 0. The topological polar surface area (TPSA) is 58.3 Å². The van der Waals surface area contributed by atoms with Gasteiger partial charge in [-0.15, -0.1) is 0 Å². The van der Waals surface area contributed by atoms with E-state index in [-0.39, 0.29) is 6.23 Å². The van der Waals surface area contributed by atoms with Crippen molar-refractivity contribution >= 4 is 0 Å². The van der Waals surface area contributed by atoms with E-state index in [2.05, 4.69) is 5.32 Å². The third kappa shape index (κ3) is 7.88. The van der Waals surface area contributed by atoms with Gasteiger partial charge in [0.25, 0.3) is 0 Å². The van der Waals surface area contributed by atoms with Gasteiger partial charge in [-0.1, -0.05) is 0 Å². The molecule has 0 heterocycles. The van der Waals surface area contributed by atoms with Gasteiger partial charge in [0.05, 0.1) is 0 Å². The smallest absolute Gasteiger partial charge is 0.102 e. The number of aliphatic hydroxyl groups is 1. The van der Waals surface area contributed by atoms with Crippen molar-refractivity contribution in [1.82, 2.24) is 5.32 Å². The molecule has 0 aliphatic rings. The van der Waals surface area contributed by atoms with Gasteiger partial charge in [0.15, 0.2) is 0 Å². The summed E-state index contributed by atoms with van der Waals surface area (Å²) in [5, 5.41) is 11.6. The minimum Gasteiger partial charge on any atom is -0.379 e. The molecule has 0 saturated carbocycles. The fourth-order valence-corrected chi connectivity index (χ4v) is 0.580. The van der Waals surface area contributed by atoms with Crippen LogP contribution in [0.15, 0.2) is 0 Å². The molecule has 1 atom stereocenters. The highest BCUT2D eigenvalue weighted by molar-refractivity contribution is 4.47. The van der Waals surface area contributed by atoms with Crippen LogP contribution in [0.3, 0.4) is 0 Å². The quantitative estimate of drug-likeness (QED) is 0.354. The van der Waals surface area contributed by atoms with Crippen molar-refractivity contribution in [3.05, 3.63) is 0 Å². The lowest BCUT2D eigenvalue weighted by molar-refractivity contribution is 0.156. The summed E-state index contributed by atoms with van der Waals surface area (Å²) in [5.74, 6) is 0. The molecule has 0 bridgehead atoms. The summed E-state index contributed by atoms with van der Waals surface area (Å²) in [5.41, 5.74) is 5.26. The first-order chi connectivity index (χ1) is 4.27. The maximum absolute atomic E-state index is 8.71. The number of hydrogen-bond acceptors (Lipinski definition) is 3. The number of nitrogens with one attached hydrogen (secondary N) is 1. The van der Waals surface area contributed by atoms with Crippen molar-refractivity contribution in [2.24, 2.45) is 5.73 Å². The van der Waals surface area contributed by atoms with Crippen molar-refractivity contribution in [3.63, 3.8) is 0 Å². The highest BCUT2D eigenvalue weighted by Gasteiger charge is 1.90. The molecule has 0 saturated heterocycles. The average Bonchev–Trinajstić information content (AvgIpc) is 1.80. The van der Waals surface area contributed by atoms with Crippen LogP contribution in [0.5, 0.6) is 0 Å². The molecule has 0 aliphatic carbocycles. The first-order valence-electron chi connectivity index (χ1n) is 3.39. The number of hydrogen-bond donors (Lipinski definition) is 3. The van der Waals surface area contributed by atoms with Gasteiger partial charge in [0.2, 0.25) is 0 Å². The van der Waals surface area contributed by atoms with Crippen LogP contribution in [-0.2, 0) is 0 Å². The lowest BCUT2D eigenvalue weighted by Gasteiger charge is -2.05. The second kappa shape index (κ2) is 6.01. The molecule has 0 aromatic carbocycles. The van der Waals surface area contributed by atoms with Crippen molar-refractivity contribution in [2.75, 3.05) is 13.1 Å². The highest BCUT2D eigenvalue weighted by atomic mass is 16.3. The first-order valence-corrected chi connectivity index (χ1v) is 3.39. The summed E-state index contributed by atoms with van der Waals surface area (Å²) in [6.07, 6.45) is 1.68. The van der Waals surface area contributed by atoms with E-state index in [1.807, 2.05) is 0 Å². The van der Waals surface area contributed by atoms with Crippen molar-refractivity contribution in [2.45, 2.75) is 26.0 Å². The molecule has 4 N–H and O–H groups in total. The molecule has 3 heteroatoms. The lowest BCUT2D eigenvalue weighted by atomic mass is 10.3. The largest absolute Gasteiger partial charge is 0.379 e. The van der Waals surface area contributed by atoms with Crippen LogP contribution in [0.1, 0.15) is 19.8 Å². The van der Waals surface area contributed by atoms with Crippen LogP contribution < -0.4 is 11.1 Å². The third-order valence-electron chi connectivity index (χ3n) is 1.07. The lowest BCUT2D eigenvalue weighted by Crippen LogP contribution is -2.26. The van der Waals surface area contributed by atoms with Crippen LogP contribution >= 0.6 is 0 Å². The molecule has 3 nitrogen and oxygen atoms in total. The predicted octanol–water partition coefficient (Wildman–Crippen LogP) is -0.347. The zero-order valence-electron chi connectivity index (χ0n) is 5.93. The van der Waals surface area contributed by atoms with Crippen LogP contribution in [0.25, 0.3) is 0 Å². The molecular weight excluding hydrogens is 116 g/mol.